The number of hydrogen-bond acceptors (Lipinski definition) is 8. The predicted molar refractivity (Wildman–Crippen MR) is 112 cm³/mol. The second-order valence-electron chi connectivity index (χ2n) is 8.34. The van der Waals surface area contributed by atoms with Crippen LogP contribution in [-0.2, 0) is 4.79 Å². The second kappa shape index (κ2) is 7.32. The SMILES string of the molecule is Cc1ncc2nc(-c3cn[nH]c3C)nc(N3CCC4(CCNC4)CC3)c2c1OC=O. The summed E-state index contributed by atoms with van der Waals surface area (Å²) in [5.74, 6) is 1.81. The van der Waals surface area contributed by atoms with Crippen LogP contribution in [0.4, 0.5) is 5.82 Å². The molecule has 0 bridgehead atoms. The van der Waals surface area contributed by atoms with Crippen molar-refractivity contribution in [3.8, 4) is 17.1 Å². The van der Waals surface area contributed by atoms with Crippen molar-refractivity contribution < 1.29 is 9.53 Å². The Labute approximate surface area is 174 Å². The van der Waals surface area contributed by atoms with E-state index in [4.69, 9.17) is 14.7 Å². The fraction of sp³-hybridized carbons (Fsp3) is 0.476. The number of rotatable bonds is 4. The highest BCUT2D eigenvalue weighted by Crippen LogP contribution is 2.41. The number of H-pyrrole nitrogens is 1. The summed E-state index contributed by atoms with van der Waals surface area (Å²) >= 11 is 0. The average molecular weight is 407 g/mol. The molecule has 9 heteroatoms. The highest BCUT2D eigenvalue weighted by Gasteiger charge is 2.38. The summed E-state index contributed by atoms with van der Waals surface area (Å²) < 4.78 is 5.35. The lowest BCUT2D eigenvalue weighted by Crippen LogP contribution is -2.41. The first-order valence-corrected chi connectivity index (χ1v) is 10.3. The minimum Gasteiger partial charge on any atom is -0.426 e. The number of pyridine rings is 1. The number of aromatic nitrogens is 5. The Morgan fingerprint density at radius 3 is 2.67 bits per heavy atom. The normalized spacial score (nSPS) is 18.3. The lowest BCUT2D eigenvalue weighted by molar-refractivity contribution is -0.120. The number of piperidine rings is 1. The van der Waals surface area contributed by atoms with E-state index >= 15 is 0 Å². The molecule has 0 aromatic carbocycles. The molecule has 0 amide bonds. The summed E-state index contributed by atoms with van der Waals surface area (Å²) in [6.45, 7) is 8.21. The van der Waals surface area contributed by atoms with Gasteiger partial charge in [-0.15, -0.1) is 0 Å². The first-order chi connectivity index (χ1) is 14.6. The fourth-order valence-corrected chi connectivity index (χ4v) is 4.71. The number of anilines is 1. The lowest BCUT2D eigenvalue weighted by atomic mass is 9.78. The maximum absolute atomic E-state index is 11.2. The third-order valence-corrected chi connectivity index (χ3v) is 6.55. The van der Waals surface area contributed by atoms with E-state index in [9.17, 15) is 4.79 Å². The van der Waals surface area contributed by atoms with Crippen LogP contribution in [-0.4, -0.2) is 57.8 Å². The van der Waals surface area contributed by atoms with Gasteiger partial charge in [0, 0.05) is 25.3 Å². The van der Waals surface area contributed by atoms with Gasteiger partial charge in [0.2, 0.25) is 0 Å². The molecule has 0 saturated carbocycles. The second-order valence-corrected chi connectivity index (χ2v) is 8.34. The molecule has 2 aliphatic heterocycles. The molecule has 9 nitrogen and oxygen atoms in total. The zero-order valence-corrected chi connectivity index (χ0v) is 17.2. The quantitative estimate of drug-likeness (QED) is 0.633. The Balaban J connectivity index is 1.64. The highest BCUT2D eigenvalue weighted by atomic mass is 16.5. The molecule has 5 rings (SSSR count). The molecule has 0 atom stereocenters. The van der Waals surface area contributed by atoms with Gasteiger partial charge in [0.25, 0.3) is 6.47 Å². The average Bonchev–Trinajstić information content (AvgIpc) is 3.39. The number of carbonyl (C=O) groups is 1. The fourth-order valence-electron chi connectivity index (χ4n) is 4.71. The summed E-state index contributed by atoms with van der Waals surface area (Å²) in [4.78, 5) is 27.6. The number of nitrogens with one attached hydrogen (secondary N) is 2. The molecule has 30 heavy (non-hydrogen) atoms. The van der Waals surface area contributed by atoms with E-state index in [0.717, 1.165) is 61.5 Å². The van der Waals surface area contributed by atoms with Gasteiger partial charge in [0.15, 0.2) is 11.6 Å². The molecule has 1 spiro atoms. The monoisotopic (exact) mass is 407 g/mol. The van der Waals surface area contributed by atoms with E-state index < -0.39 is 0 Å². The van der Waals surface area contributed by atoms with Crippen molar-refractivity contribution >= 4 is 23.2 Å². The Hall–Kier alpha value is -3.07. The van der Waals surface area contributed by atoms with Crippen LogP contribution in [0.1, 0.15) is 30.7 Å². The largest absolute Gasteiger partial charge is 0.426 e. The van der Waals surface area contributed by atoms with Crippen LogP contribution in [0, 0.1) is 19.3 Å². The predicted octanol–water partition coefficient (Wildman–Crippen LogP) is 2.15. The van der Waals surface area contributed by atoms with Crippen molar-refractivity contribution in [2.45, 2.75) is 33.1 Å². The maximum Gasteiger partial charge on any atom is 0.298 e. The first kappa shape index (κ1) is 18.9. The molecule has 3 aromatic heterocycles. The minimum atomic E-state index is 0.392. The summed E-state index contributed by atoms with van der Waals surface area (Å²) in [6, 6.07) is 0. The Morgan fingerprint density at radius 1 is 1.17 bits per heavy atom. The van der Waals surface area contributed by atoms with Crippen molar-refractivity contribution in [1.29, 1.82) is 0 Å². The molecule has 2 saturated heterocycles. The van der Waals surface area contributed by atoms with Gasteiger partial charge in [-0.1, -0.05) is 0 Å². The zero-order chi connectivity index (χ0) is 20.7. The van der Waals surface area contributed by atoms with Crippen LogP contribution < -0.4 is 15.0 Å². The lowest BCUT2D eigenvalue weighted by Gasteiger charge is -2.39. The van der Waals surface area contributed by atoms with Crippen molar-refractivity contribution in [1.82, 2.24) is 30.5 Å². The molecule has 0 radical (unpaired) electrons. The molecule has 3 aromatic rings. The number of aromatic amines is 1. The number of nitrogens with zero attached hydrogens (tertiary/aromatic N) is 5. The number of fused-ring (bicyclic) bond motifs is 1. The third-order valence-electron chi connectivity index (χ3n) is 6.55. The van der Waals surface area contributed by atoms with Gasteiger partial charge in [-0.05, 0) is 45.1 Å². The van der Waals surface area contributed by atoms with Crippen LogP contribution in [0.25, 0.3) is 22.3 Å². The van der Waals surface area contributed by atoms with Gasteiger partial charge in [-0.3, -0.25) is 14.9 Å². The van der Waals surface area contributed by atoms with Crippen molar-refractivity contribution in [3.63, 3.8) is 0 Å². The summed E-state index contributed by atoms with van der Waals surface area (Å²) in [5.41, 5.74) is 3.44. The van der Waals surface area contributed by atoms with Crippen molar-refractivity contribution in [2.24, 2.45) is 5.41 Å². The van der Waals surface area contributed by atoms with Crippen molar-refractivity contribution in [2.75, 3.05) is 31.1 Å². The van der Waals surface area contributed by atoms with Gasteiger partial charge in [0.05, 0.1) is 34.6 Å². The minimum absolute atomic E-state index is 0.392. The van der Waals surface area contributed by atoms with E-state index in [1.165, 1.54) is 6.42 Å². The molecule has 2 fully saturated rings. The molecule has 2 aliphatic rings. The van der Waals surface area contributed by atoms with Gasteiger partial charge >= 0.3 is 0 Å². The Kier molecular flexibility index (Phi) is 4.62. The van der Waals surface area contributed by atoms with Crippen LogP contribution >= 0.6 is 0 Å². The molecule has 156 valence electrons. The third kappa shape index (κ3) is 3.09. The van der Waals surface area contributed by atoms with E-state index in [0.29, 0.717) is 34.7 Å². The summed E-state index contributed by atoms with van der Waals surface area (Å²) in [6.07, 6.45) is 6.91. The number of hydrogen-bond donors (Lipinski definition) is 2. The van der Waals surface area contributed by atoms with Crippen LogP contribution in [0.2, 0.25) is 0 Å². The van der Waals surface area contributed by atoms with Crippen LogP contribution in [0.5, 0.6) is 5.75 Å². The maximum atomic E-state index is 11.2. The van der Waals surface area contributed by atoms with Crippen LogP contribution in [0.3, 0.4) is 0 Å². The molecular weight excluding hydrogens is 382 g/mol. The molecular formula is C21H25N7O2. The standard InChI is InChI=1S/C21H25N7O2/c1-13-15(9-24-27-13)19-25-16-10-23-14(2)18(30-12-29)17(16)20(26-19)28-7-4-21(5-8-28)3-6-22-11-21/h9-10,12,22H,3-8,11H2,1-2H3,(H,24,27). The molecule has 0 aliphatic carbocycles. The van der Waals surface area contributed by atoms with Crippen LogP contribution in [0.15, 0.2) is 12.4 Å². The first-order valence-electron chi connectivity index (χ1n) is 10.3. The topological polar surface area (TPSA) is 109 Å². The molecule has 2 N–H and O–H groups in total. The summed E-state index contributed by atoms with van der Waals surface area (Å²) in [5, 5.41) is 11.3. The van der Waals surface area contributed by atoms with Crippen molar-refractivity contribution in [3.05, 3.63) is 23.8 Å². The number of ether oxygens (including phenoxy) is 1. The Bertz CT molecular complexity index is 1090. The van der Waals surface area contributed by atoms with Gasteiger partial charge in [-0.2, -0.15) is 5.10 Å². The van der Waals surface area contributed by atoms with E-state index in [1.54, 1.807) is 12.4 Å². The molecule has 0 unspecified atom stereocenters. The smallest absolute Gasteiger partial charge is 0.298 e. The van der Waals surface area contributed by atoms with Gasteiger partial charge in [-0.25, -0.2) is 9.97 Å². The number of carbonyl (C=O) groups excluding carboxylic acids is 1. The zero-order valence-electron chi connectivity index (χ0n) is 17.2. The van der Waals surface area contributed by atoms with E-state index in [2.05, 4.69) is 25.4 Å². The van der Waals surface area contributed by atoms with Gasteiger partial charge in [0.1, 0.15) is 5.82 Å². The Morgan fingerprint density at radius 2 is 2.00 bits per heavy atom. The van der Waals surface area contributed by atoms with E-state index in [-0.39, 0.29) is 0 Å². The van der Waals surface area contributed by atoms with Gasteiger partial charge < -0.3 is 15.0 Å². The number of aryl methyl sites for hydroxylation is 2. The highest BCUT2D eigenvalue weighted by molar-refractivity contribution is 5.97. The molecule has 5 heterocycles. The van der Waals surface area contributed by atoms with E-state index in [1.807, 2.05) is 13.8 Å². The summed E-state index contributed by atoms with van der Waals surface area (Å²) in [7, 11) is 0.